The number of hydrogen-bond donors (Lipinski definition) is 1. The third-order valence-corrected chi connectivity index (χ3v) is 3.89. The Bertz CT molecular complexity index is 574. The number of aromatic amines is 1. The molecule has 0 atom stereocenters. The summed E-state index contributed by atoms with van der Waals surface area (Å²) in [7, 11) is 1.71. The molecule has 2 rings (SSSR count). The van der Waals surface area contributed by atoms with E-state index in [0.29, 0.717) is 0 Å². The van der Waals surface area contributed by atoms with Crippen LogP contribution in [0.25, 0.3) is 10.9 Å². The van der Waals surface area contributed by atoms with Crippen molar-refractivity contribution in [3.8, 4) is 5.75 Å². The Balaban J connectivity index is 2.05. The first-order chi connectivity index (χ1) is 10.3. The van der Waals surface area contributed by atoms with E-state index in [1.807, 2.05) is 12.1 Å². The summed E-state index contributed by atoms with van der Waals surface area (Å²) < 4.78 is 5.33. The standard InChI is InChI=1S/C18H26N2O/c1-4-6-11-20(10-5-2)12-9-15-14-19-18-8-7-16(21-3)13-17(15)18/h5,7-8,13-14,19H,2,4,6,9-12H2,1,3H3. The molecule has 0 unspecified atom stereocenters. The lowest BCUT2D eigenvalue weighted by atomic mass is 10.1. The van der Waals surface area contributed by atoms with Crippen LogP contribution >= 0.6 is 0 Å². The molecule has 0 fully saturated rings. The van der Waals surface area contributed by atoms with E-state index >= 15 is 0 Å². The van der Waals surface area contributed by atoms with Gasteiger partial charge >= 0.3 is 0 Å². The van der Waals surface area contributed by atoms with Crippen LogP contribution < -0.4 is 4.74 Å². The normalized spacial score (nSPS) is 11.2. The highest BCUT2D eigenvalue weighted by atomic mass is 16.5. The van der Waals surface area contributed by atoms with E-state index in [4.69, 9.17) is 4.74 Å². The van der Waals surface area contributed by atoms with Crippen molar-refractivity contribution in [3.63, 3.8) is 0 Å². The van der Waals surface area contributed by atoms with Crippen molar-refractivity contribution < 1.29 is 4.74 Å². The third kappa shape index (κ3) is 4.11. The molecule has 0 aliphatic rings. The number of aromatic nitrogens is 1. The summed E-state index contributed by atoms with van der Waals surface area (Å²) in [6.07, 6.45) is 7.64. The van der Waals surface area contributed by atoms with Gasteiger partial charge in [-0.15, -0.1) is 6.58 Å². The second-order valence-electron chi connectivity index (χ2n) is 5.42. The predicted octanol–water partition coefficient (Wildman–Crippen LogP) is 4.01. The van der Waals surface area contributed by atoms with Crippen molar-refractivity contribution in [1.29, 1.82) is 0 Å². The maximum atomic E-state index is 5.33. The second kappa shape index (κ2) is 7.89. The lowest BCUT2D eigenvalue weighted by Crippen LogP contribution is -2.27. The maximum Gasteiger partial charge on any atom is 0.119 e. The molecule has 0 saturated heterocycles. The first kappa shape index (κ1) is 15.6. The van der Waals surface area contributed by atoms with Gasteiger partial charge in [0.25, 0.3) is 0 Å². The average molecular weight is 286 g/mol. The molecule has 0 spiro atoms. The van der Waals surface area contributed by atoms with Gasteiger partial charge in [0.05, 0.1) is 7.11 Å². The molecule has 1 aromatic carbocycles. The predicted molar refractivity (Wildman–Crippen MR) is 90.1 cm³/mol. The van der Waals surface area contributed by atoms with Crippen molar-refractivity contribution in [2.75, 3.05) is 26.7 Å². The molecule has 1 aromatic heterocycles. The van der Waals surface area contributed by atoms with Gasteiger partial charge in [-0.2, -0.15) is 0 Å². The van der Waals surface area contributed by atoms with E-state index in [9.17, 15) is 0 Å². The molecule has 0 aliphatic carbocycles. The zero-order chi connectivity index (χ0) is 15.1. The SMILES string of the molecule is C=CCN(CCCC)CCc1c[nH]c2ccc(OC)cc12. The summed E-state index contributed by atoms with van der Waals surface area (Å²) in [5, 5.41) is 1.27. The summed E-state index contributed by atoms with van der Waals surface area (Å²) >= 11 is 0. The van der Waals surface area contributed by atoms with Gasteiger partial charge in [-0.1, -0.05) is 19.4 Å². The van der Waals surface area contributed by atoms with Crippen LogP contribution in [0.5, 0.6) is 5.75 Å². The molecule has 0 amide bonds. The van der Waals surface area contributed by atoms with Gasteiger partial charge in [0.15, 0.2) is 0 Å². The first-order valence-corrected chi connectivity index (χ1v) is 7.75. The van der Waals surface area contributed by atoms with Gasteiger partial charge in [-0.05, 0) is 43.1 Å². The molecule has 0 radical (unpaired) electrons. The van der Waals surface area contributed by atoms with Gasteiger partial charge in [-0.3, -0.25) is 4.90 Å². The fraction of sp³-hybridized carbons (Fsp3) is 0.444. The van der Waals surface area contributed by atoms with Gasteiger partial charge < -0.3 is 9.72 Å². The van der Waals surface area contributed by atoms with Gasteiger partial charge in [0.2, 0.25) is 0 Å². The topological polar surface area (TPSA) is 28.3 Å². The van der Waals surface area contributed by atoms with Crippen LogP contribution in [-0.4, -0.2) is 36.6 Å². The number of nitrogens with one attached hydrogen (secondary N) is 1. The largest absolute Gasteiger partial charge is 0.497 e. The fourth-order valence-electron chi connectivity index (χ4n) is 2.63. The van der Waals surface area contributed by atoms with Gasteiger partial charge in [0, 0.05) is 30.2 Å². The summed E-state index contributed by atoms with van der Waals surface area (Å²) in [6, 6.07) is 6.19. The van der Waals surface area contributed by atoms with Crippen LogP contribution in [0.3, 0.4) is 0 Å². The van der Waals surface area contributed by atoms with Crippen molar-refractivity contribution in [3.05, 3.63) is 42.6 Å². The Hall–Kier alpha value is -1.74. The number of fused-ring (bicyclic) bond motifs is 1. The molecule has 114 valence electrons. The monoisotopic (exact) mass is 286 g/mol. The average Bonchev–Trinajstić information content (AvgIpc) is 2.92. The van der Waals surface area contributed by atoms with Crippen LogP contribution in [-0.2, 0) is 6.42 Å². The number of benzene rings is 1. The Kier molecular flexibility index (Phi) is 5.88. The molecule has 0 bridgehead atoms. The Morgan fingerprint density at radius 2 is 2.19 bits per heavy atom. The quantitative estimate of drug-likeness (QED) is 0.706. The van der Waals surface area contributed by atoms with E-state index < -0.39 is 0 Å². The number of ether oxygens (including phenoxy) is 1. The zero-order valence-corrected chi connectivity index (χ0v) is 13.2. The van der Waals surface area contributed by atoms with E-state index in [2.05, 4.69) is 41.7 Å². The molecular weight excluding hydrogens is 260 g/mol. The van der Waals surface area contributed by atoms with E-state index in [1.54, 1.807) is 7.11 Å². The number of nitrogens with zero attached hydrogens (tertiary/aromatic N) is 1. The second-order valence-corrected chi connectivity index (χ2v) is 5.42. The smallest absolute Gasteiger partial charge is 0.119 e. The van der Waals surface area contributed by atoms with Crippen LogP contribution in [0.4, 0.5) is 0 Å². The maximum absolute atomic E-state index is 5.33. The highest BCUT2D eigenvalue weighted by molar-refractivity contribution is 5.84. The summed E-state index contributed by atoms with van der Waals surface area (Å²) in [5.74, 6) is 0.914. The van der Waals surface area contributed by atoms with E-state index in [-0.39, 0.29) is 0 Å². The molecule has 2 aromatic rings. The van der Waals surface area contributed by atoms with Crippen molar-refractivity contribution in [2.45, 2.75) is 26.2 Å². The zero-order valence-electron chi connectivity index (χ0n) is 13.2. The Labute approximate surface area is 127 Å². The Morgan fingerprint density at radius 1 is 1.33 bits per heavy atom. The first-order valence-electron chi connectivity index (χ1n) is 7.75. The lowest BCUT2D eigenvalue weighted by Gasteiger charge is -2.20. The molecule has 0 saturated carbocycles. The molecular formula is C18H26N2O. The van der Waals surface area contributed by atoms with Gasteiger partial charge in [0.1, 0.15) is 5.75 Å². The molecule has 1 N–H and O–H groups in total. The molecule has 3 heteroatoms. The highest BCUT2D eigenvalue weighted by Crippen LogP contribution is 2.24. The third-order valence-electron chi connectivity index (χ3n) is 3.89. The van der Waals surface area contributed by atoms with Crippen LogP contribution in [0.2, 0.25) is 0 Å². The van der Waals surface area contributed by atoms with Gasteiger partial charge in [-0.25, -0.2) is 0 Å². The van der Waals surface area contributed by atoms with E-state index in [0.717, 1.165) is 31.8 Å². The fourth-order valence-corrected chi connectivity index (χ4v) is 2.63. The molecule has 0 aliphatic heterocycles. The minimum Gasteiger partial charge on any atom is -0.497 e. The number of unbranched alkanes of at least 4 members (excludes halogenated alkanes) is 1. The van der Waals surface area contributed by atoms with E-state index in [1.165, 1.54) is 29.3 Å². The van der Waals surface area contributed by atoms with Crippen molar-refractivity contribution in [1.82, 2.24) is 9.88 Å². The summed E-state index contributed by atoms with van der Waals surface area (Å²) in [6.45, 7) is 9.27. The van der Waals surface area contributed by atoms with Crippen molar-refractivity contribution in [2.24, 2.45) is 0 Å². The summed E-state index contributed by atoms with van der Waals surface area (Å²) in [4.78, 5) is 5.81. The number of methoxy groups -OCH3 is 1. The van der Waals surface area contributed by atoms with Crippen LogP contribution in [0.15, 0.2) is 37.1 Å². The minimum atomic E-state index is 0.914. The Morgan fingerprint density at radius 3 is 2.90 bits per heavy atom. The number of H-pyrrole nitrogens is 1. The highest BCUT2D eigenvalue weighted by Gasteiger charge is 2.08. The minimum absolute atomic E-state index is 0.914. The van der Waals surface area contributed by atoms with Crippen LogP contribution in [0.1, 0.15) is 25.3 Å². The summed E-state index contributed by atoms with van der Waals surface area (Å²) in [5.41, 5.74) is 2.53. The van der Waals surface area contributed by atoms with Crippen LogP contribution in [0, 0.1) is 0 Å². The molecule has 21 heavy (non-hydrogen) atoms. The lowest BCUT2D eigenvalue weighted by molar-refractivity contribution is 0.301. The number of rotatable bonds is 9. The molecule has 1 heterocycles. The molecule has 3 nitrogen and oxygen atoms in total. The number of hydrogen-bond acceptors (Lipinski definition) is 2. The van der Waals surface area contributed by atoms with Crippen molar-refractivity contribution >= 4 is 10.9 Å².